The molecule has 0 spiro atoms. The van der Waals surface area contributed by atoms with Gasteiger partial charge in [0.05, 0.1) is 11.4 Å². The highest BCUT2D eigenvalue weighted by atomic mass is 32.1. The number of nitrogens with one attached hydrogen (secondary N) is 1. The summed E-state index contributed by atoms with van der Waals surface area (Å²) in [5.41, 5.74) is 4.17. The van der Waals surface area contributed by atoms with Gasteiger partial charge in [-0.2, -0.15) is 0 Å². The molecule has 2 aromatic heterocycles. The van der Waals surface area contributed by atoms with E-state index in [0.717, 1.165) is 53.9 Å². The molecule has 2 fully saturated rings. The average molecular weight is 453 g/mol. The molecule has 0 saturated heterocycles. The van der Waals surface area contributed by atoms with E-state index < -0.39 is 0 Å². The third kappa shape index (κ3) is 5.76. The molecule has 0 radical (unpaired) electrons. The van der Waals surface area contributed by atoms with E-state index in [9.17, 15) is 4.79 Å². The molecule has 172 valence electrons. The Kier molecular flexibility index (Phi) is 6.88. The molecule has 0 atom stereocenters. The van der Waals surface area contributed by atoms with Crippen LogP contribution in [0.15, 0.2) is 18.3 Å². The normalized spacial score (nSPS) is 24.0. The molecular weight excluding hydrogens is 416 g/mol. The molecule has 0 aromatic carbocycles. The number of carbonyl (C=O) groups excluding carboxylic acids is 1. The summed E-state index contributed by atoms with van der Waals surface area (Å²) in [5.74, 6) is 1.70. The number of aryl methyl sites for hydroxylation is 1. The van der Waals surface area contributed by atoms with E-state index in [1.165, 1.54) is 62.1 Å². The number of rotatable bonds is 7. The zero-order valence-corrected chi connectivity index (χ0v) is 20.1. The van der Waals surface area contributed by atoms with Crippen LogP contribution >= 0.6 is 11.3 Å². The molecule has 1 N–H and O–H groups in total. The zero-order chi connectivity index (χ0) is 21.9. The van der Waals surface area contributed by atoms with E-state index in [2.05, 4.69) is 27.3 Å². The predicted molar refractivity (Wildman–Crippen MR) is 129 cm³/mol. The standard InChI is InChI=1S/C26H36N4OS/c1-18-27-17-23(32-18)16-26(31)28-22-7-2-19(3-8-22)10-13-30-14-11-21-6-9-24(20-4-5-20)29-25(21)12-15-30/h6,9,17,19-20,22H,2-5,7-8,10-16H2,1H3,(H,28,31). The molecule has 2 aliphatic carbocycles. The molecule has 2 saturated carbocycles. The van der Waals surface area contributed by atoms with Crippen LogP contribution in [-0.4, -0.2) is 46.5 Å². The van der Waals surface area contributed by atoms with Gasteiger partial charge in [0.15, 0.2) is 0 Å². The quantitative estimate of drug-likeness (QED) is 0.675. The minimum absolute atomic E-state index is 0.152. The third-order valence-electron chi connectivity index (χ3n) is 7.52. The first kappa shape index (κ1) is 22.0. The van der Waals surface area contributed by atoms with Crippen LogP contribution in [0, 0.1) is 12.8 Å². The summed E-state index contributed by atoms with van der Waals surface area (Å²) in [6.45, 7) is 5.51. The highest BCUT2D eigenvalue weighted by molar-refractivity contribution is 7.11. The summed E-state index contributed by atoms with van der Waals surface area (Å²) in [5, 5.41) is 4.29. The first-order valence-corrected chi connectivity index (χ1v) is 13.4. The Balaban J connectivity index is 1.02. The highest BCUT2D eigenvalue weighted by Gasteiger charge is 2.27. The first-order valence-electron chi connectivity index (χ1n) is 12.5. The van der Waals surface area contributed by atoms with Gasteiger partial charge >= 0.3 is 0 Å². The minimum atomic E-state index is 0.152. The summed E-state index contributed by atoms with van der Waals surface area (Å²) in [4.78, 5) is 25.3. The second-order valence-electron chi connectivity index (χ2n) is 10.1. The van der Waals surface area contributed by atoms with Crippen LogP contribution in [0.25, 0.3) is 0 Å². The molecule has 5 nitrogen and oxygen atoms in total. The van der Waals surface area contributed by atoms with Crippen LogP contribution in [0.4, 0.5) is 0 Å². The molecule has 3 heterocycles. The lowest BCUT2D eigenvalue weighted by atomic mass is 9.84. The molecule has 3 aliphatic rings. The second-order valence-corrected chi connectivity index (χ2v) is 11.4. The van der Waals surface area contributed by atoms with E-state index in [1.807, 2.05) is 13.1 Å². The monoisotopic (exact) mass is 452 g/mol. The summed E-state index contributed by atoms with van der Waals surface area (Å²) in [6.07, 6.45) is 13.2. The summed E-state index contributed by atoms with van der Waals surface area (Å²) >= 11 is 1.62. The Labute approximate surface area is 196 Å². The van der Waals surface area contributed by atoms with Gasteiger partial charge in [0.25, 0.3) is 0 Å². The van der Waals surface area contributed by atoms with Gasteiger partial charge in [-0.3, -0.25) is 9.78 Å². The van der Waals surface area contributed by atoms with E-state index in [-0.39, 0.29) is 5.91 Å². The van der Waals surface area contributed by atoms with Gasteiger partial charge in [-0.05, 0) is 82.4 Å². The molecule has 1 amide bonds. The van der Waals surface area contributed by atoms with E-state index >= 15 is 0 Å². The largest absolute Gasteiger partial charge is 0.353 e. The number of aromatic nitrogens is 2. The number of thiazole rings is 1. The van der Waals surface area contributed by atoms with Crippen molar-refractivity contribution in [3.05, 3.63) is 45.2 Å². The van der Waals surface area contributed by atoms with Crippen molar-refractivity contribution in [3.63, 3.8) is 0 Å². The lowest BCUT2D eigenvalue weighted by Gasteiger charge is -2.30. The molecule has 1 aliphatic heterocycles. The maximum atomic E-state index is 12.3. The van der Waals surface area contributed by atoms with Crippen molar-refractivity contribution < 1.29 is 4.79 Å². The molecule has 32 heavy (non-hydrogen) atoms. The van der Waals surface area contributed by atoms with Gasteiger partial charge in [-0.25, -0.2) is 4.98 Å². The Morgan fingerprint density at radius 3 is 2.69 bits per heavy atom. The van der Waals surface area contributed by atoms with Crippen LogP contribution in [0.5, 0.6) is 0 Å². The van der Waals surface area contributed by atoms with E-state index in [4.69, 9.17) is 4.98 Å². The number of carbonyl (C=O) groups is 1. The summed E-state index contributed by atoms with van der Waals surface area (Å²) in [7, 11) is 0. The maximum absolute atomic E-state index is 12.3. The van der Waals surface area contributed by atoms with Gasteiger partial charge in [0.2, 0.25) is 5.91 Å². The number of amides is 1. The van der Waals surface area contributed by atoms with Crippen molar-refractivity contribution in [2.75, 3.05) is 19.6 Å². The molecule has 5 rings (SSSR count). The van der Waals surface area contributed by atoms with Crippen LogP contribution in [0.2, 0.25) is 0 Å². The second kappa shape index (κ2) is 10.0. The molecular formula is C26H36N4OS. The van der Waals surface area contributed by atoms with E-state index in [0.29, 0.717) is 12.5 Å². The summed E-state index contributed by atoms with van der Waals surface area (Å²) in [6, 6.07) is 4.99. The Morgan fingerprint density at radius 1 is 1.12 bits per heavy atom. The van der Waals surface area contributed by atoms with Crippen LogP contribution < -0.4 is 5.32 Å². The number of pyridine rings is 1. The molecule has 6 heteroatoms. The van der Waals surface area contributed by atoms with Gasteiger partial charge in [-0.15, -0.1) is 11.3 Å². The zero-order valence-electron chi connectivity index (χ0n) is 19.3. The van der Waals surface area contributed by atoms with Crippen molar-refractivity contribution in [1.82, 2.24) is 20.2 Å². The van der Waals surface area contributed by atoms with Crippen LogP contribution in [0.3, 0.4) is 0 Å². The smallest absolute Gasteiger partial charge is 0.225 e. The Bertz CT molecular complexity index is 930. The van der Waals surface area contributed by atoms with Crippen LogP contribution in [-0.2, 0) is 24.1 Å². The fourth-order valence-corrected chi connectivity index (χ4v) is 6.15. The lowest BCUT2D eigenvalue weighted by Crippen LogP contribution is -2.38. The predicted octanol–water partition coefficient (Wildman–Crippen LogP) is 4.43. The van der Waals surface area contributed by atoms with Crippen LogP contribution in [0.1, 0.15) is 77.7 Å². The van der Waals surface area contributed by atoms with Crippen molar-refractivity contribution in [2.24, 2.45) is 5.92 Å². The fraction of sp³-hybridized carbons (Fsp3) is 0.654. The average Bonchev–Trinajstić information content (AvgIpc) is 3.59. The topological polar surface area (TPSA) is 58.1 Å². The third-order valence-corrected chi connectivity index (χ3v) is 8.43. The summed E-state index contributed by atoms with van der Waals surface area (Å²) < 4.78 is 0. The van der Waals surface area contributed by atoms with Gasteiger partial charge < -0.3 is 10.2 Å². The van der Waals surface area contributed by atoms with Crippen molar-refractivity contribution in [1.29, 1.82) is 0 Å². The molecule has 0 bridgehead atoms. The fourth-order valence-electron chi connectivity index (χ4n) is 5.36. The SMILES string of the molecule is Cc1ncc(CC(=O)NC2CCC(CCN3CCc4ccc(C5CC5)nc4CC3)CC2)s1. The molecule has 0 unspecified atom stereocenters. The first-order chi connectivity index (χ1) is 15.6. The number of hydrogen-bond donors (Lipinski definition) is 1. The minimum Gasteiger partial charge on any atom is -0.353 e. The van der Waals surface area contributed by atoms with Crippen molar-refractivity contribution in [2.45, 2.75) is 83.1 Å². The van der Waals surface area contributed by atoms with Gasteiger partial charge in [0.1, 0.15) is 0 Å². The Hall–Kier alpha value is -1.79. The number of nitrogens with zero attached hydrogens (tertiary/aromatic N) is 3. The van der Waals surface area contributed by atoms with E-state index in [1.54, 1.807) is 11.3 Å². The maximum Gasteiger partial charge on any atom is 0.225 e. The highest BCUT2D eigenvalue weighted by Crippen LogP contribution is 2.39. The number of hydrogen-bond acceptors (Lipinski definition) is 5. The lowest BCUT2D eigenvalue weighted by molar-refractivity contribution is -0.121. The molecule has 2 aromatic rings. The Morgan fingerprint density at radius 2 is 1.94 bits per heavy atom. The van der Waals surface area contributed by atoms with Crippen molar-refractivity contribution >= 4 is 17.2 Å². The van der Waals surface area contributed by atoms with Gasteiger partial charge in [-0.1, -0.05) is 6.07 Å². The number of fused-ring (bicyclic) bond motifs is 1. The van der Waals surface area contributed by atoms with Crippen molar-refractivity contribution in [3.8, 4) is 0 Å². The van der Waals surface area contributed by atoms with Gasteiger partial charge in [0, 0.05) is 53.9 Å².